The first-order chi connectivity index (χ1) is 19.7. The molecular formula is C26H33ClN6O8S. The topological polar surface area (TPSA) is 212 Å². The van der Waals surface area contributed by atoms with E-state index in [0.717, 1.165) is 12.6 Å². The molecular weight excluding hydrogens is 592 g/mol. The highest BCUT2D eigenvalue weighted by Gasteiger charge is 2.29. The highest BCUT2D eigenvalue weighted by atomic mass is 35.5. The Labute approximate surface area is 248 Å². The second kappa shape index (κ2) is 15.7. The number of hydrogen-bond acceptors (Lipinski definition) is 9. The molecule has 0 saturated carbocycles. The smallest absolute Gasteiger partial charge is 0.326 e. The number of nitrogens with zero attached hydrogens (tertiary/aromatic N) is 2. The third-order valence-corrected chi connectivity index (χ3v) is 7.43. The Hall–Kier alpha value is -4.21. The van der Waals surface area contributed by atoms with Gasteiger partial charge >= 0.3 is 5.97 Å². The largest absolute Gasteiger partial charge is 0.481 e. The van der Waals surface area contributed by atoms with E-state index in [1.807, 2.05) is 4.90 Å². The number of carbonyl (C=O) groups excluding carboxylic acids is 3. The van der Waals surface area contributed by atoms with E-state index >= 15 is 0 Å². The first-order valence-electron chi connectivity index (χ1n) is 12.6. The van der Waals surface area contributed by atoms with E-state index in [2.05, 4.69) is 10.0 Å². The van der Waals surface area contributed by atoms with Crippen molar-refractivity contribution in [3.63, 3.8) is 0 Å². The lowest BCUT2D eigenvalue weighted by Crippen LogP contribution is -2.54. The fourth-order valence-electron chi connectivity index (χ4n) is 3.68. The average molecular weight is 625 g/mol. The number of sulfonamides is 1. The number of amides is 2. The lowest BCUT2D eigenvalue weighted by Gasteiger charge is -2.35. The first kappa shape index (κ1) is 34.0. The van der Waals surface area contributed by atoms with Gasteiger partial charge in [-0.2, -0.15) is 4.72 Å². The minimum absolute atomic E-state index is 0.0161. The van der Waals surface area contributed by atoms with Crippen molar-refractivity contribution in [2.45, 2.75) is 24.8 Å². The molecule has 1 aliphatic rings. The number of benzene rings is 2. The zero-order chi connectivity index (χ0) is 31.4. The minimum Gasteiger partial charge on any atom is -0.481 e. The van der Waals surface area contributed by atoms with Gasteiger partial charge in [-0.1, -0.05) is 11.6 Å². The Morgan fingerprint density at radius 3 is 2.24 bits per heavy atom. The third kappa shape index (κ3) is 10.6. The molecule has 2 aromatic rings. The Morgan fingerprint density at radius 2 is 1.71 bits per heavy atom. The molecule has 14 nitrogen and oxygen atoms in total. The van der Waals surface area contributed by atoms with Crippen molar-refractivity contribution in [3.8, 4) is 0 Å². The van der Waals surface area contributed by atoms with Crippen LogP contribution in [-0.4, -0.2) is 93.4 Å². The number of aliphatic carboxylic acids is 1. The van der Waals surface area contributed by atoms with Gasteiger partial charge in [0.25, 0.3) is 5.97 Å². The van der Waals surface area contributed by atoms with Crippen LogP contribution in [0, 0.1) is 5.41 Å². The molecule has 1 aliphatic heterocycles. The van der Waals surface area contributed by atoms with Crippen LogP contribution in [0.2, 0.25) is 5.02 Å². The number of carbonyl (C=O) groups is 4. The number of esters is 1. The van der Waals surface area contributed by atoms with Gasteiger partial charge in [0.05, 0.1) is 24.6 Å². The van der Waals surface area contributed by atoms with Gasteiger partial charge in [0.2, 0.25) is 21.8 Å². The molecule has 1 heterocycles. The number of carboxylic acid groups (broad SMARTS) is 1. The van der Waals surface area contributed by atoms with Crippen LogP contribution in [0.1, 0.15) is 19.4 Å². The summed E-state index contributed by atoms with van der Waals surface area (Å²) < 4.78 is 32.6. The number of nitrogen functional groups attached to an aromatic ring is 1. The molecule has 228 valence electrons. The van der Waals surface area contributed by atoms with Crippen molar-refractivity contribution >= 4 is 56.9 Å². The van der Waals surface area contributed by atoms with Crippen molar-refractivity contribution in [2.24, 2.45) is 5.73 Å². The van der Waals surface area contributed by atoms with Gasteiger partial charge in [0.15, 0.2) is 0 Å². The zero-order valence-electron chi connectivity index (χ0n) is 23.0. The fraction of sp³-hybridized carbons (Fsp3) is 0.346. The number of nitrogens with one attached hydrogen (secondary N) is 3. The van der Waals surface area contributed by atoms with Gasteiger partial charge < -0.3 is 30.7 Å². The highest BCUT2D eigenvalue weighted by molar-refractivity contribution is 7.89. The standard InChI is InChI=1S/C24H29ClN6O6S.C2H4O2/c1-2-37-24(34)20(29-38(35,36)19-9-5-17(25)6-10-19)13-28-21(32)14-31-12-11-30(15-22(31)33)18-7-3-16(4-8-18)23(26)27;1-2(3)4/h3-10,20,29H,2,11-15H2,1H3,(H3,26,27)(H,28,32);1H3,(H,3,4)/t20-;/m0./s1. The van der Waals surface area contributed by atoms with Crippen LogP contribution in [0.4, 0.5) is 5.69 Å². The summed E-state index contributed by atoms with van der Waals surface area (Å²) in [4.78, 5) is 49.7. The zero-order valence-corrected chi connectivity index (χ0v) is 24.6. The number of hydrogen-bond donors (Lipinski definition) is 5. The van der Waals surface area contributed by atoms with E-state index in [1.54, 1.807) is 31.2 Å². The van der Waals surface area contributed by atoms with Gasteiger partial charge in [-0.05, 0) is 55.5 Å². The average Bonchev–Trinajstić information content (AvgIpc) is 2.92. The second-order valence-corrected chi connectivity index (χ2v) is 11.1. The molecule has 16 heteroatoms. The maximum Gasteiger partial charge on any atom is 0.326 e. The van der Waals surface area contributed by atoms with E-state index in [1.165, 1.54) is 29.2 Å². The summed E-state index contributed by atoms with van der Waals surface area (Å²) in [5, 5.41) is 17.7. The van der Waals surface area contributed by atoms with E-state index in [-0.39, 0.29) is 49.4 Å². The van der Waals surface area contributed by atoms with Crippen molar-refractivity contribution < 1.29 is 37.4 Å². The number of rotatable bonds is 11. The van der Waals surface area contributed by atoms with Crippen LogP contribution in [0.5, 0.6) is 0 Å². The normalized spacial score (nSPS) is 13.8. The van der Waals surface area contributed by atoms with Gasteiger partial charge in [-0.15, -0.1) is 0 Å². The number of carboxylic acids is 1. The Kier molecular flexibility index (Phi) is 12.7. The van der Waals surface area contributed by atoms with Crippen molar-refractivity contribution in [2.75, 3.05) is 44.2 Å². The second-order valence-electron chi connectivity index (χ2n) is 8.90. The van der Waals surface area contributed by atoms with Crippen LogP contribution >= 0.6 is 11.6 Å². The predicted molar refractivity (Wildman–Crippen MR) is 155 cm³/mol. The summed E-state index contributed by atoms with van der Waals surface area (Å²) >= 11 is 5.81. The Balaban J connectivity index is 0.00000144. The highest BCUT2D eigenvalue weighted by Crippen LogP contribution is 2.18. The maximum atomic E-state index is 12.7. The number of anilines is 1. The fourth-order valence-corrected chi connectivity index (χ4v) is 4.99. The number of amidine groups is 1. The molecule has 1 saturated heterocycles. The SMILES string of the molecule is CC(=O)O.CCOC(=O)[C@H](CNC(=O)CN1CCN(c2ccc(C(=N)N)cc2)CC1=O)NS(=O)(=O)c1ccc(Cl)cc1. The number of nitrogens with two attached hydrogens (primary N) is 1. The first-order valence-corrected chi connectivity index (χ1v) is 14.5. The van der Waals surface area contributed by atoms with E-state index < -0.39 is 33.9 Å². The summed E-state index contributed by atoms with van der Waals surface area (Å²) in [7, 11) is -4.11. The van der Waals surface area contributed by atoms with Crippen molar-refractivity contribution in [3.05, 3.63) is 59.1 Å². The molecule has 1 fully saturated rings. The number of halogens is 1. The molecule has 6 N–H and O–H groups in total. The van der Waals surface area contributed by atoms with Crippen LogP contribution in [0.25, 0.3) is 0 Å². The number of piperazine rings is 1. The van der Waals surface area contributed by atoms with Crippen molar-refractivity contribution in [1.29, 1.82) is 5.41 Å². The monoisotopic (exact) mass is 624 g/mol. The summed E-state index contributed by atoms with van der Waals surface area (Å²) in [6.07, 6.45) is 0. The number of ether oxygens (including phenoxy) is 1. The molecule has 0 bridgehead atoms. The lowest BCUT2D eigenvalue weighted by atomic mass is 10.1. The molecule has 3 rings (SSSR count). The quantitative estimate of drug-likeness (QED) is 0.132. The summed E-state index contributed by atoms with van der Waals surface area (Å²) in [5.41, 5.74) is 6.84. The Morgan fingerprint density at radius 1 is 1.12 bits per heavy atom. The molecule has 2 amide bonds. The Bertz CT molecular complexity index is 1380. The van der Waals surface area contributed by atoms with Gasteiger partial charge in [0.1, 0.15) is 11.9 Å². The van der Waals surface area contributed by atoms with Crippen LogP contribution in [0.3, 0.4) is 0 Å². The molecule has 2 aromatic carbocycles. The van der Waals surface area contributed by atoms with Crippen LogP contribution in [0.15, 0.2) is 53.4 Å². The van der Waals surface area contributed by atoms with E-state index in [9.17, 15) is 22.8 Å². The van der Waals surface area contributed by atoms with E-state index in [0.29, 0.717) is 17.1 Å². The van der Waals surface area contributed by atoms with Crippen LogP contribution < -0.4 is 20.7 Å². The van der Waals surface area contributed by atoms with Gasteiger partial charge in [-0.25, -0.2) is 8.42 Å². The third-order valence-electron chi connectivity index (χ3n) is 5.69. The predicted octanol–water partition coefficient (Wildman–Crippen LogP) is 0.390. The van der Waals surface area contributed by atoms with Crippen molar-refractivity contribution in [1.82, 2.24) is 14.9 Å². The molecule has 0 aromatic heterocycles. The molecule has 0 unspecified atom stereocenters. The molecule has 0 aliphatic carbocycles. The summed E-state index contributed by atoms with van der Waals surface area (Å²) in [6.45, 7) is 2.86. The molecule has 42 heavy (non-hydrogen) atoms. The summed E-state index contributed by atoms with van der Waals surface area (Å²) in [6, 6.07) is 10.9. The summed E-state index contributed by atoms with van der Waals surface area (Å²) in [5.74, 6) is -2.57. The van der Waals surface area contributed by atoms with Gasteiger partial charge in [0, 0.05) is 42.8 Å². The molecule has 0 radical (unpaired) electrons. The van der Waals surface area contributed by atoms with E-state index in [4.69, 9.17) is 37.4 Å². The lowest BCUT2D eigenvalue weighted by molar-refractivity contribution is -0.145. The minimum atomic E-state index is -4.11. The molecule has 0 spiro atoms. The molecule has 1 atom stereocenters. The maximum absolute atomic E-state index is 12.7. The van der Waals surface area contributed by atoms with Gasteiger partial charge in [-0.3, -0.25) is 24.6 Å². The van der Waals surface area contributed by atoms with Crippen LogP contribution in [-0.2, 0) is 33.9 Å².